The van der Waals surface area contributed by atoms with E-state index < -0.39 is 11.1 Å². The van der Waals surface area contributed by atoms with Crippen molar-refractivity contribution in [2.24, 2.45) is 0 Å². The van der Waals surface area contributed by atoms with Crippen LogP contribution in [-0.2, 0) is 11.1 Å². The van der Waals surface area contributed by atoms with Crippen LogP contribution in [0.1, 0.15) is 0 Å². The molecule has 0 spiro atoms. The second-order valence-electron chi connectivity index (χ2n) is 2.64. The summed E-state index contributed by atoms with van der Waals surface area (Å²) in [6, 6.07) is 6.91. The van der Waals surface area contributed by atoms with Gasteiger partial charge in [0, 0.05) is 19.8 Å². The van der Waals surface area contributed by atoms with E-state index in [-0.39, 0.29) is 18.9 Å². The van der Waals surface area contributed by atoms with Crippen LogP contribution in [0.25, 0.3) is 0 Å². The van der Waals surface area contributed by atoms with Crippen LogP contribution in [0.15, 0.2) is 29.2 Å². The van der Waals surface area contributed by atoms with Crippen molar-refractivity contribution in [2.75, 3.05) is 19.0 Å². The summed E-state index contributed by atoms with van der Waals surface area (Å²) in [7, 11) is 3.84. The Morgan fingerprint density at radius 1 is 1.23 bits per heavy atom. The van der Waals surface area contributed by atoms with Gasteiger partial charge in [-0.1, -0.05) is 0 Å². The van der Waals surface area contributed by atoms with Gasteiger partial charge in [0.05, 0.1) is 4.90 Å². The van der Waals surface area contributed by atoms with E-state index >= 15 is 0 Å². The van der Waals surface area contributed by atoms with Crippen LogP contribution in [0.2, 0.25) is 0 Å². The van der Waals surface area contributed by atoms with Crippen molar-refractivity contribution < 1.29 is 8.76 Å². The summed E-state index contributed by atoms with van der Waals surface area (Å²) < 4.78 is 19.3. The Bertz CT molecular complexity index is 287. The van der Waals surface area contributed by atoms with Crippen LogP contribution in [-0.4, -0.2) is 41.7 Å². The van der Waals surface area contributed by atoms with Crippen molar-refractivity contribution in [3.63, 3.8) is 0 Å². The summed E-state index contributed by atoms with van der Waals surface area (Å²) in [5, 5.41) is 0. The number of rotatable bonds is 2. The zero-order chi connectivity index (χ0) is 9.14. The number of hydrogen-bond acceptors (Lipinski definition) is 2. The van der Waals surface area contributed by atoms with Gasteiger partial charge < -0.3 is 9.45 Å². The van der Waals surface area contributed by atoms with Gasteiger partial charge in [-0.25, -0.2) is 4.21 Å². The van der Waals surface area contributed by atoms with Crippen molar-refractivity contribution in [3.05, 3.63) is 24.3 Å². The van der Waals surface area contributed by atoms with Gasteiger partial charge in [-0.15, -0.1) is 0 Å². The normalized spacial score (nSPS) is 11.6. The molecule has 0 aliphatic heterocycles. The first-order valence-electron chi connectivity index (χ1n) is 3.49. The van der Waals surface area contributed by atoms with Crippen LogP contribution in [0, 0.1) is 0 Å². The van der Waals surface area contributed by atoms with E-state index in [2.05, 4.69) is 0 Å². The molecule has 0 saturated carbocycles. The maximum atomic E-state index is 10.6. The molecule has 0 radical (unpaired) electrons. The molecule has 1 rings (SSSR count). The zero-order valence-electron chi connectivity index (χ0n) is 7.02. The summed E-state index contributed by atoms with van der Waals surface area (Å²) in [6.45, 7) is 0. The second-order valence-corrected chi connectivity index (χ2v) is 3.61. The summed E-state index contributed by atoms with van der Waals surface area (Å²) in [5.41, 5.74) is 1.02. The molecule has 0 saturated heterocycles. The van der Waals surface area contributed by atoms with E-state index in [1.165, 1.54) is 0 Å². The molecule has 0 aliphatic carbocycles. The molecule has 1 unspecified atom stereocenters. The van der Waals surface area contributed by atoms with E-state index in [1.54, 1.807) is 12.1 Å². The first-order valence-corrected chi connectivity index (χ1v) is 4.60. The van der Waals surface area contributed by atoms with Gasteiger partial charge >= 0.3 is 18.9 Å². The molecular weight excluding hydrogens is 181 g/mol. The Hall–Kier alpha value is -0.273. The van der Waals surface area contributed by atoms with Crippen molar-refractivity contribution in [1.82, 2.24) is 0 Å². The van der Waals surface area contributed by atoms with Gasteiger partial charge in [-0.3, -0.25) is 0 Å². The quantitative estimate of drug-likeness (QED) is 0.554. The Labute approximate surface area is 92.6 Å². The van der Waals surface area contributed by atoms with E-state index in [0.717, 1.165) is 5.69 Å². The summed E-state index contributed by atoms with van der Waals surface area (Å²) in [4.78, 5) is 2.37. The molecule has 13 heavy (non-hydrogen) atoms. The molecule has 0 amide bonds. The fourth-order valence-electron chi connectivity index (χ4n) is 0.861. The Morgan fingerprint density at radius 2 is 1.69 bits per heavy atom. The number of nitrogens with zero attached hydrogens (tertiary/aromatic N) is 1. The molecular formula is C8H12LiNO2S. The molecule has 3 nitrogen and oxygen atoms in total. The number of anilines is 1. The number of hydrogen-bond donors (Lipinski definition) is 1. The molecule has 0 aromatic heterocycles. The van der Waals surface area contributed by atoms with Crippen LogP contribution in [0.5, 0.6) is 0 Å². The molecule has 1 N–H and O–H groups in total. The zero-order valence-corrected chi connectivity index (χ0v) is 7.84. The SMILES string of the molecule is CN(C)c1ccc(S(=O)O)cc1.[LiH]. The standard InChI is InChI=1S/C8H11NO2S.Li.H/c1-9(2)7-3-5-8(6-4-7)12(10)11;;/h3-6H,1-2H3,(H,10,11);;. The summed E-state index contributed by atoms with van der Waals surface area (Å²) in [5.74, 6) is 0. The monoisotopic (exact) mass is 193 g/mol. The molecule has 0 fully saturated rings. The average Bonchev–Trinajstić information content (AvgIpc) is 2.04. The van der Waals surface area contributed by atoms with E-state index in [0.29, 0.717) is 4.90 Å². The van der Waals surface area contributed by atoms with Crippen LogP contribution in [0.4, 0.5) is 5.69 Å². The Morgan fingerprint density at radius 3 is 2.00 bits per heavy atom. The minimum atomic E-state index is -1.87. The molecule has 0 bridgehead atoms. The van der Waals surface area contributed by atoms with Gasteiger partial charge in [0.15, 0.2) is 11.1 Å². The van der Waals surface area contributed by atoms with Gasteiger partial charge in [-0.2, -0.15) is 0 Å². The van der Waals surface area contributed by atoms with Crippen LogP contribution >= 0.6 is 0 Å². The third-order valence-corrected chi connectivity index (χ3v) is 2.23. The first-order chi connectivity index (χ1) is 5.61. The fourth-order valence-corrected chi connectivity index (χ4v) is 1.23. The van der Waals surface area contributed by atoms with Gasteiger partial charge in [0.2, 0.25) is 0 Å². The summed E-state index contributed by atoms with van der Waals surface area (Å²) >= 11 is -1.87. The van der Waals surface area contributed by atoms with Gasteiger partial charge in [-0.05, 0) is 24.3 Å². The van der Waals surface area contributed by atoms with Crippen molar-refractivity contribution in [3.8, 4) is 0 Å². The van der Waals surface area contributed by atoms with Gasteiger partial charge in [0.1, 0.15) is 0 Å². The molecule has 0 heterocycles. The topological polar surface area (TPSA) is 40.5 Å². The van der Waals surface area contributed by atoms with Crippen molar-refractivity contribution in [1.29, 1.82) is 0 Å². The molecule has 1 aromatic rings. The summed E-state index contributed by atoms with van der Waals surface area (Å²) in [6.07, 6.45) is 0. The predicted molar refractivity (Wildman–Crippen MR) is 57.0 cm³/mol. The van der Waals surface area contributed by atoms with Crippen LogP contribution < -0.4 is 4.90 Å². The van der Waals surface area contributed by atoms with Crippen molar-refractivity contribution >= 4 is 35.6 Å². The Kier molecular flexibility index (Phi) is 5.34. The third-order valence-electron chi connectivity index (χ3n) is 1.55. The van der Waals surface area contributed by atoms with E-state index in [9.17, 15) is 4.21 Å². The van der Waals surface area contributed by atoms with E-state index in [4.69, 9.17) is 4.55 Å². The maximum absolute atomic E-state index is 10.6. The molecule has 5 heteroatoms. The van der Waals surface area contributed by atoms with Crippen molar-refractivity contribution in [2.45, 2.75) is 4.90 Å². The van der Waals surface area contributed by atoms with Gasteiger partial charge in [0.25, 0.3) is 0 Å². The third kappa shape index (κ3) is 3.53. The molecule has 0 aliphatic rings. The minimum absolute atomic E-state index is 0. The fraction of sp³-hybridized carbons (Fsp3) is 0.250. The number of benzene rings is 1. The Balaban J connectivity index is 0.00000144. The molecule has 1 atom stereocenters. The molecule has 68 valence electrons. The van der Waals surface area contributed by atoms with E-state index in [1.807, 2.05) is 31.1 Å². The average molecular weight is 193 g/mol. The second kappa shape index (κ2) is 5.46. The van der Waals surface area contributed by atoms with Crippen LogP contribution in [0.3, 0.4) is 0 Å². The predicted octanol–water partition coefficient (Wildman–Crippen LogP) is 0.685. The molecule has 1 aromatic carbocycles. The first kappa shape index (κ1) is 12.7.